The van der Waals surface area contributed by atoms with Gasteiger partial charge in [-0.25, -0.2) is 18.6 Å². The number of fused-ring (bicyclic) bond motifs is 1. The molecular weight excluding hydrogens is 532 g/mol. The molecule has 9 nitrogen and oxygen atoms in total. The lowest BCUT2D eigenvalue weighted by atomic mass is 9.93. The van der Waals surface area contributed by atoms with E-state index in [1.165, 1.54) is 18.2 Å². The Kier molecular flexibility index (Phi) is 8.40. The number of carboxylic acid groups (broad SMARTS) is 1. The minimum Gasteiger partial charge on any atom is -0.478 e. The van der Waals surface area contributed by atoms with Crippen LogP contribution >= 0.6 is 0 Å². The molecule has 0 bridgehead atoms. The molecular formula is C30H29F2N5O4. The number of hydrogen-bond donors (Lipinski definition) is 1. The molecule has 1 saturated heterocycles. The molecule has 11 heteroatoms. The van der Waals surface area contributed by atoms with Gasteiger partial charge in [-0.1, -0.05) is 12.1 Å². The first-order valence-corrected chi connectivity index (χ1v) is 13.3. The van der Waals surface area contributed by atoms with Crippen LogP contribution in [0.4, 0.5) is 14.6 Å². The SMILES string of the molecule is COCCn1c(CC2CCN(c3cccc(OCc4ccc(C#N)cc4F)n3)CC2)nc2c(F)cc(C(=O)O)cc21. The fourth-order valence-corrected chi connectivity index (χ4v) is 5.11. The average molecular weight is 562 g/mol. The number of aromatic nitrogens is 3. The summed E-state index contributed by atoms with van der Waals surface area (Å²) >= 11 is 0. The zero-order chi connectivity index (χ0) is 28.9. The van der Waals surface area contributed by atoms with E-state index in [1.807, 2.05) is 22.8 Å². The van der Waals surface area contributed by atoms with E-state index in [9.17, 15) is 18.7 Å². The smallest absolute Gasteiger partial charge is 0.335 e. The van der Waals surface area contributed by atoms with E-state index in [0.29, 0.717) is 48.3 Å². The second kappa shape index (κ2) is 12.3. The van der Waals surface area contributed by atoms with Crippen molar-refractivity contribution in [2.24, 2.45) is 5.92 Å². The fraction of sp³-hybridized carbons (Fsp3) is 0.333. The van der Waals surface area contributed by atoms with Gasteiger partial charge in [-0.05, 0) is 49.1 Å². The number of benzene rings is 2. The lowest BCUT2D eigenvalue weighted by Crippen LogP contribution is -2.35. The first-order valence-electron chi connectivity index (χ1n) is 13.3. The van der Waals surface area contributed by atoms with Crippen LogP contribution in [-0.2, 0) is 24.3 Å². The molecule has 1 aliphatic heterocycles. The minimum absolute atomic E-state index is 0.00526. The minimum atomic E-state index is -1.19. The van der Waals surface area contributed by atoms with Crippen molar-refractivity contribution in [1.82, 2.24) is 14.5 Å². The molecule has 3 heterocycles. The zero-order valence-corrected chi connectivity index (χ0v) is 22.5. The summed E-state index contributed by atoms with van der Waals surface area (Å²) in [7, 11) is 1.58. The Hall–Kier alpha value is -4.56. The van der Waals surface area contributed by atoms with E-state index in [2.05, 4.69) is 14.9 Å². The van der Waals surface area contributed by atoms with Crippen LogP contribution in [0.3, 0.4) is 0 Å². The number of carboxylic acids is 1. The summed E-state index contributed by atoms with van der Waals surface area (Å²) in [6, 6.07) is 14.1. The summed E-state index contributed by atoms with van der Waals surface area (Å²) in [5, 5.41) is 18.3. The maximum atomic E-state index is 14.8. The molecule has 41 heavy (non-hydrogen) atoms. The van der Waals surface area contributed by atoms with Gasteiger partial charge in [0.1, 0.15) is 29.6 Å². The molecule has 0 radical (unpaired) electrons. The number of piperidine rings is 1. The molecule has 2 aromatic carbocycles. The summed E-state index contributed by atoms with van der Waals surface area (Å²) in [5.74, 6) is -0.195. The molecule has 1 N–H and O–H groups in total. The van der Waals surface area contributed by atoms with Gasteiger partial charge in [-0.15, -0.1) is 0 Å². The molecule has 0 spiro atoms. The number of ether oxygens (including phenoxy) is 2. The molecule has 0 aliphatic carbocycles. The summed E-state index contributed by atoms with van der Waals surface area (Å²) in [6.07, 6.45) is 2.35. The van der Waals surface area contributed by atoms with Crippen LogP contribution in [0.25, 0.3) is 11.0 Å². The number of halogens is 2. The summed E-state index contributed by atoms with van der Waals surface area (Å²) in [4.78, 5) is 22.8. The Morgan fingerprint density at radius 1 is 1.12 bits per heavy atom. The highest BCUT2D eigenvalue weighted by Gasteiger charge is 2.24. The van der Waals surface area contributed by atoms with Gasteiger partial charge in [0.05, 0.1) is 29.3 Å². The maximum absolute atomic E-state index is 14.8. The van der Waals surface area contributed by atoms with E-state index >= 15 is 0 Å². The molecule has 212 valence electrons. The summed E-state index contributed by atoms with van der Waals surface area (Å²) in [6.45, 7) is 2.32. The van der Waals surface area contributed by atoms with Crippen LogP contribution in [0.5, 0.6) is 5.88 Å². The van der Waals surface area contributed by atoms with Crippen molar-refractivity contribution in [3.8, 4) is 11.9 Å². The third-order valence-electron chi connectivity index (χ3n) is 7.33. The molecule has 0 saturated carbocycles. The molecule has 5 rings (SSSR count). The van der Waals surface area contributed by atoms with Gasteiger partial charge in [0.25, 0.3) is 0 Å². The molecule has 2 aromatic heterocycles. The van der Waals surface area contributed by atoms with Crippen LogP contribution in [0.2, 0.25) is 0 Å². The number of nitriles is 1. The van der Waals surface area contributed by atoms with Gasteiger partial charge in [0.2, 0.25) is 5.88 Å². The van der Waals surface area contributed by atoms with Crippen LogP contribution < -0.4 is 9.64 Å². The molecule has 0 unspecified atom stereocenters. The molecule has 0 amide bonds. The number of anilines is 1. The van der Waals surface area contributed by atoms with Crippen molar-refractivity contribution in [3.05, 3.63) is 82.7 Å². The topological polar surface area (TPSA) is 114 Å². The molecule has 1 aliphatic rings. The number of carbonyl (C=O) groups is 1. The van der Waals surface area contributed by atoms with Gasteiger partial charge in [0.15, 0.2) is 5.82 Å². The quantitative estimate of drug-likeness (QED) is 0.289. The highest BCUT2D eigenvalue weighted by atomic mass is 19.1. The van der Waals surface area contributed by atoms with Gasteiger partial charge in [-0.3, -0.25) is 0 Å². The van der Waals surface area contributed by atoms with E-state index in [4.69, 9.17) is 14.7 Å². The van der Waals surface area contributed by atoms with Crippen molar-refractivity contribution in [3.63, 3.8) is 0 Å². The number of nitrogens with zero attached hydrogens (tertiary/aromatic N) is 5. The Morgan fingerprint density at radius 3 is 2.63 bits per heavy atom. The van der Waals surface area contributed by atoms with Crippen LogP contribution in [0.15, 0.2) is 48.5 Å². The van der Waals surface area contributed by atoms with E-state index in [1.54, 1.807) is 19.2 Å². The predicted molar refractivity (Wildman–Crippen MR) is 147 cm³/mol. The maximum Gasteiger partial charge on any atom is 0.335 e. The first kappa shape index (κ1) is 28.0. The second-order valence-electron chi connectivity index (χ2n) is 9.98. The second-order valence-corrected chi connectivity index (χ2v) is 9.98. The number of hydrogen-bond acceptors (Lipinski definition) is 7. The average Bonchev–Trinajstić information content (AvgIpc) is 3.33. The third kappa shape index (κ3) is 6.28. The van der Waals surface area contributed by atoms with Crippen molar-refractivity contribution >= 4 is 22.8 Å². The van der Waals surface area contributed by atoms with Crippen molar-refractivity contribution in [2.45, 2.75) is 32.4 Å². The predicted octanol–water partition coefficient (Wildman–Crippen LogP) is 4.96. The highest BCUT2D eigenvalue weighted by molar-refractivity contribution is 5.92. The van der Waals surface area contributed by atoms with E-state index in [-0.39, 0.29) is 23.3 Å². The molecule has 1 fully saturated rings. The van der Waals surface area contributed by atoms with Gasteiger partial charge in [0, 0.05) is 44.8 Å². The Labute approximate surface area is 235 Å². The lowest BCUT2D eigenvalue weighted by molar-refractivity contribution is 0.0696. The first-order chi connectivity index (χ1) is 19.9. The number of pyridine rings is 1. The van der Waals surface area contributed by atoms with Crippen molar-refractivity contribution < 1.29 is 28.2 Å². The normalized spacial score (nSPS) is 13.9. The Morgan fingerprint density at radius 2 is 1.93 bits per heavy atom. The van der Waals surface area contributed by atoms with Gasteiger partial charge >= 0.3 is 5.97 Å². The highest BCUT2D eigenvalue weighted by Crippen LogP contribution is 2.29. The van der Waals surface area contributed by atoms with Crippen molar-refractivity contribution in [2.75, 3.05) is 31.7 Å². The van der Waals surface area contributed by atoms with Crippen LogP contribution in [0.1, 0.15) is 40.2 Å². The Bertz CT molecular complexity index is 1610. The summed E-state index contributed by atoms with van der Waals surface area (Å²) in [5.41, 5.74) is 1.09. The zero-order valence-electron chi connectivity index (χ0n) is 22.5. The van der Waals surface area contributed by atoms with Gasteiger partial charge < -0.3 is 24.0 Å². The number of rotatable bonds is 10. The number of methoxy groups -OCH3 is 1. The fourth-order valence-electron chi connectivity index (χ4n) is 5.11. The Balaban J connectivity index is 1.24. The lowest BCUT2D eigenvalue weighted by Gasteiger charge is -2.33. The van der Waals surface area contributed by atoms with E-state index < -0.39 is 17.6 Å². The molecule has 4 aromatic rings. The standard InChI is InChI=1S/C30H29F2N5O4/c1-40-12-11-37-25-16-22(30(38)39)15-24(32)29(25)35-27(37)14-19-7-9-36(10-8-19)26-3-2-4-28(34-26)41-18-21-6-5-20(17-33)13-23(21)31/h2-6,13,15-16,19H,7-12,14,18H2,1H3,(H,38,39). The number of aromatic carboxylic acids is 1. The number of imidazole rings is 1. The summed E-state index contributed by atoms with van der Waals surface area (Å²) < 4.78 is 41.8. The third-order valence-corrected chi connectivity index (χ3v) is 7.33. The van der Waals surface area contributed by atoms with Crippen LogP contribution in [0, 0.1) is 28.9 Å². The largest absolute Gasteiger partial charge is 0.478 e. The van der Waals surface area contributed by atoms with Crippen LogP contribution in [-0.4, -0.2) is 52.4 Å². The van der Waals surface area contributed by atoms with Crippen molar-refractivity contribution in [1.29, 1.82) is 5.26 Å². The van der Waals surface area contributed by atoms with E-state index in [0.717, 1.165) is 37.8 Å². The monoisotopic (exact) mass is 561 g/mol. The molecule has 0 atom stereocenters. The van der Waals surface area contributed by atoms with Gasteiger partial charge in [-0.2, -0.15) is 10.2 Å².